The Bertz CT molecular complexity index is 2730. The number of anilines is 1. The van der Waals surface area contributed by atoms with Crippen molar-refractivity contribution in [3.63, 3.8) is 0 Å². The fourth-order valence-electron chi connectivity index (χ4n) is 10.3. The van der Waals surface area contributed by atoms with Gasteiger partial charge in [0, 0.05) is 88.8 Å². The minimum absolute atomic E-state index is 0. The Morgan fingerprint density at radius 1 is 0.850 bits per heavy atom. The molecule has 2 bridgehead atoms. The van der Waals surface area contributed by atoms with Crippen LogP contribution in [0.15, 0.2) is 73.2 Å². The number of nitrogens with zero attached hydrogens (tertiary/aromatic N) is 5. The molecule has 2 unspecified atom stereocenters. The lowest BCUT2D eigenvalue weighted by Gasteiger charge is -2.50. The molecular weight excluding hydrogens is 1030 g/mol. The van der Waals surface area contributed by atoms with Crippen molar-refractivity contribution in [3.05, 3.63) is 107 Å². The maximum Gasteiger partial charge on any atom is 0.407 e. The van der Waals surface area contributed by atoms with Gasteiger partial charge in [0.25, 0.3) is 0 Å². The van der Waals surface area contributed by atoms with Crippen LogP contribution < -0.4 is 31.9 Å². The van der Waals surface area contributed by atoms with Crippen molar-refractivity contribution in [2.24, 2.45) is 16.6 Å². The van der Waals surface area contributed by atoms with Crippen LogP contribution in [-0.2, 0) is 36.8 Å². The number of halogens is 3. The van der Waals surface area contributed by atoms with E-state index in [1.807, 2.05) is 50.2 Å². The van der Waals surface area contributed by atoms with Crippen molar-refractivity contribution in [1.29, 1.82) is 0 Å². The second-order valence-corrected chi connectivity index (χ2v) is 21.7. The van der Waals surface area contributed by atoms with Gasteiger partial charge < -0.3 is 51.2 Å². The number of alkyl halides is 1. The van der Waals surface area contributed by atoms with Crippen LogP contribution in [0.5, 0.6) is 0 Å². The number of rotatable bonds is 17. The van der Waals surface area contributed by atoms with E-state index < -0.39 is 76.4 Å². The number of pyridine rings is 1. The van der Waals surface area contributed by atoms with Crippen molar-refractivity contribution < 1.29 is 55.9 Å². The number of primary amides is 1. The summed E-state index contributed by atoms with van der Waals surface area (Å²) in [5.74, 6) is 4.56. The highest BCUT2D eigenvalue weighted by Gasteiger charge is 2.56. The normalized spacial score (nSPS) is 18.8. The first kappa shape index (κ1) is 64.0. The molecule has 18 nitrogen and oxygen atoms in total. The Hall–Kier alpha value is -6.86. The van der Waals surface area contributed by atoms with Crippen LogP contribution in [-0.4, -0.2) is 144 Å². The van der Waals surface area contributed by atoms with E-state index in [2.05, 4.69) is 57.6 Å². The van der Waals surface area contributed by atoms with Crippen LogP contribution in [0.3, 0.4) is 0 Å². The standard InChI is InChI=1S/C48H55F3N8O5.C8H16N2O3.C2H6.CH4.3H2/c1-47(2,48(51)16-4-17-48)43(57-46(62)63-3)45(61)56-40(41(60)25-52-24-37-38(49)21-33(22-39(37)50)44-53-18-5-19-54-44)20-31-9-6-30(7-10-31)8-11-32-12-15-42(55-23-32)58-26-34-13-14-35(27-58)59(34)36-28-64-29-36;1-8(2,3)5(6(9)11)10-7(12)13-4;1-2;;;;/h5-7,9-10,12,15,18-19,21-23,34-36,40-41,43,52,60H,4,13-14,16-17,20,24-29H2,1-3H3,(H,56,61)(H,57,62);5H,1-4H3,(H2,9,11)(H,10,12);1-2H3;1H4;3*1H/t34?,35?,40-,41-,43+;5-;;;;;/m01...../s1. The molecule has 3 saturated heterocycles. The number of hydrogen-bond acceptors (Lipinski definition) is 14. The SMILES string of the molecule is C.CC.COC(=O)N[C@H](C(=O)N[C@@H](Cc1ccc(C#Cc2ccc(N3CC4CCC(C3)N4C3COC3)nc2)cc1)[C@@H](O)CNCc1c(F)cc(-c2ncccn2)cc1F)C(C)(C)C1(F)CCC1.COC(=O)N[C@H](C(N)=O)C(C)(C)C.[HH].[HH].[HH]. The lowest BCUT2D eigenvalue weighted by atomic mass is 9.61. The summed E-state index contributed by atoms with van der Waals surface area (Å²) >= 11 is 0. The maximum atomic E-state index is 16.1. The third-order valence-electron chi connectivity index (χ3n) is 15.2. The smallest absolute Gasteiger partial charge is 0.407 e. The zero-order chi connectivity index (χ0) is 57.7. The van der Waals surface area contributed by atoms with E-state index in [-0.39, 0.29) is 61.0 Å². The minimum atomic E-state index is -1.72. The summed E-state index contributed by atoms with van der Waals surface area (Å²) in [6.07, 6.45) is 5.48. The first-order valence-electron chi connectivity index (χ1n) is 26.9. The minimum Gasteiger partial charge on any atom is -0.453 e. The molecule has 5 heterocycles. The quantitative estimate of drug-likeness (QED) is 0.0556. The number of alkyl carbamates (subject to hydrolysis) is 2. The van der Waals surface area contributed by atoms with Crippen molar-refractivity contribution in [2.45, 2.75) is 149 Å². The first-order chi connectivity index (χ1) is 37.6. The Labute approximate surface area is 473 Å². The van der Waals surface area contributed by atoms with Crippen molar-refractivity contribution in [2.75, 3.05) is 52.0 Å². The van der Waals surface area contributed by atoms with Gasteiger partial charge in [-0.3, -0.25) is 14.5 Å². The third kappa shape index (κ3) is 15.9. The summed E-state index contributed by atoms with van der Waals surface area (Å²) in [4.78, 5) is 66.3. The molecule has 4 fully saturated rings. The number of aromatic nitrogens is 3. The highest BCUT2D eigenvalue weighted by atomic mass is 19.1. The number of hydrogen-bond donors (Lipinski definition) is 6. The van der Waals surface area contributed by atoms with Gasteiger partial charge >= 0.3 is 12.2 Å². The van der Waals surface area contributed by atoms with E-state index in [1.165, 1.54) is 32.3 Å². The summed E-state index contributed by atoms with van der Waals surface area (Å²) in [5.41, 5.74) is 3.78. The van der Waals surface area contributed by atoms with Gasteiger partial charge in [-0.25, -0.2) is 37.7 Å². The largest absolute Gasteiger partial charge is 0.453 e. The number of benzene rings is 2. The molecule has 442 valence electrons. The molecule has 21 heteroatoms. The van der Waals surface area contributed by atoms with E-state index in [4.69, 9.17) is 20.2 Å². The number of piperazine rings is 1. The molecule has 6 atom stereocenters. The maximum absolute atomic E-state index is 16.1. The van der Waals surface area contributed by atoms with Gasteiger partial charge in [-0.1, -0.05) is 79.9 Å². The number of methoxy groups -OCH3 is 2. The first-order valence-corrected chi connectivity index (χ1v) is 26.9. The number of carbonyl (C=O) groups is 4. The molecule has 80 heavy (non-hydrogen) atoms. The van der Waals surface area contributed by atoms with Crippen LogP contribution in [0.2, 0.25) is 0 Å². The number of amides is 4. The van der Waals surface area contributed by atoms with Gasteiger partial charge in [-0.15, -0.1) is 0 Å². The molecule has 1 saturated carbocycles. The third-order valence-corrected chi connectivity index (χ3v) is 15.2. The Morgan fingerprint density at radius 3 is 1.90 bits per heavy atom. The summed E-state index contributed by atoms with van der Waals surface area (Å²) in [7, 11) is 2.38. The molecular formula is C59H87F3N10O8. The molecule has 7 N–H and O–H groups in total. The Balaban J connectivity index is 0.00000110. The van der Waals surface area contributed by atoms with E-state index >= 15 is 13.2 Å². The number of aliphatic hydroxyl groups is 1. The van der Waals surface area contributed by atoms with Crippen LogP contribution >= 0.6 is 0 Å². The second kappa shape index (κ2) is 28.5. The fourth-order valence-corrected chi connectivity index (χ4v) is 10.3. The Kier molecular flexibility index (Phi) is 22.8. The van der Waals surface area contributed by atoms with Crippen LogP contribution in [0.4, 0.5) is 28.6 Å². The molecule has 2 aromatic carbocycles. The molecule has 2 aromatic heterocycles. The molecule has 4 aliphatic rings. The van der Waals surface area contributed by atoms with E-state index in [0.717, 1.165) is 68.1 Å². The Morgan fingerprint density at radius 2 is 1.41 bits per heavy atom. The molecule has 8 rings (SSSR count). The molecule has 4 amide bonds. The van der Waals surface area contributed by atoms with Gasteiger partial charge in [0.1, 0.15) is 35.2 Å². The highest BCUT2D eigenvalue weighted by molar-refractivity contribution is 5.87. The molecule has 1 aliphatic carbocycles. The van der Waals surface area contributed by atoms with Gasteiger partial charge in [0.05, 0.1) is 45.6 Å². The van der Waals surface area contributed by atoms with E-state index in [1.54, 1.807) is 46.9 Å². The van der Waals surface area contributed by atoms with Gasteiger partial charge in [0.2, 0.25) is 11.8 Å². The predicted octanol–water partition coefficient (Wildman–Crippen LogP) is 7.73. The zero-order valence-electron chi connectivity index (χ0n) is 46.7. The van der Waals surface area contributed by atoms with Gasteiger partial charge in [-0.05, 0) is 92.0 Å². The van der Waals surface area contributed by atoms with Crippen LogP contribution in [0.25, 0.3) is 11.4 Å². The summed E-state index contributed by atoms with van der Waals surface area (Å²) < 4.78 is 61.1. The zero-order valence-corrected chi connectivity index (χ0v) is 46.7. The second-order valence-electron chi connectivity index (χ2n) is 21.7. The molecule has 0 radical (unpaired) electrons. The molecule has 0 spiro atoms. The van der Waals surface area contributed by atoms with Gasteiger partial charge in [-0.2, -0.15) is 0 Å². The van der Waals surface area contributed by atoms with Gasteiger partial charge in [0.15, 0.2) is 5.82 Å². The summed E-state index contributed by atoms with van der Waals surface area (Å²) in [6, 6.07) is 13.7. The number of aliphatic hydroxyl groups excluding tert-OH is 1. The number of nitrogens with two attached hydrogens (primary N) is 1. The molecule has 4 aromatic rings. The number of carbonyl (C=O) groups excluding carboxylic acids is 4. The topological polar surface area (TPSA) is 235 Å². The van der Waals surface area contributed by atoms with E-state index in [9.17, 15) is 24.3 Å². The lowest BCUT2D eigenvalue weighted by molar-refractivity contribution is -0.136. The number of fused-ring (bicyclic) bond motifs is 2. The predicted molar refractivity (Wildman–Crippen MR) is 306 cm³/mol. The van der Waals surface area contributed by atoms with Crippen LogP contribution in [0.1, 0.15) is 115 Å². The summed E-state index contributed by atoms with van der Waals surface area (Å²) in [6.45, 7) is 15.7. The van der Waals surface area contributed by atoms with E-state index in [0.29, 0.717) is 24.5 Å². The van der Waals surface area contributed by atoms with Crippen molar-refractivity contribution in [3.8, 4) is 23.2 Å². The average molecular weight is 1120 g/mol. The molecule has 3 aliphatic heterocycles. The monoisotopic (exact) mass is 1120 g/mol. The summed E-state index contributed by atoms with van der Waals surface area (Å²) in [5, 5.41) is 22.3. The van der Waals surface area contributed by atoms with Crippen LogP contribution in [0, 0.1) is 34.3 Å². The lowest BCUT2D eigenvalue weighted by Crippen LogP contribution is -2.65. The fraction of sp³-hybridized carbons (Fsp3) is 0.542. The highest BCUT2D eigenvalue weighted by Crippen LogP contribution is 2.51. The number of nitrogens with one attached hydrogen (secondary N) is 4. The number of ether oxygens (including phenoxy) is 3. The van der Waals surface area contributed by atoms with Crippen molar-refractivity contribution >= 4 is 29.8 Å². The average Bonchev–Trinajstić information content (AvgIpc) is 3.65. The van der Waals surface area contributed by atoms with Crippen molar-refractivity contribution in [1.82, 2.24) is 41.1 Å².